The van der Waals surface area contributed by atoms with Crippen molar-refractivity contribution in [3.05, 3.63) is 22.7 Å². The number of rotatable bonds is 4. The number of carbonyl (C=O) groups is 2. The second-order valence-electron chi connectivity index (χ2n) is 4.83. The van der Waals surface area contributed by atoms with Gasteiger partial charge in [-0.1, -0.05) is 18.5 Å². The summed E-state index contributed by atoms with van der Waals surface area (Å²) in [5.41, 5.74) is 0.651. The van der Waals surface area contributed by atoms with E-state index in [4.69, 9.17) is 16.3 Å². The molecule has 2 rings (SSSR count). The van der Waals surface area contributed by atoms with E-state index in [-0.39, 0.29) is 22.4 Å². The Morgan fingerprint density at radius 3 is 2.50 bits per heavy atom. The number of ether oxygens (including phenoxy) is 2. The monoisotopic (exact) mass is 297 g/mol. The van der Waals surface area contributed by atoms with Crippen molar-refractivity contribution in [1.82, 2.24) is 0 Å². The van der Waals surface area contributed by atoms with Gasteiger partial charge in [0.05, 0.1) is 24.9 Å². The Balaban J connectivity index is 2.26. The summed E-state index contributed by atoms with van der Waals surface area (Å²) in [6.45, 7) is 2.02. The number of anilines is 1. The van der Waals surface area contributed by atoms with Crippen molar-refractivity contribution >= 4 is 29.2 Å². The first-order valence-corrected chi connectivity index (χ1v) is 6.62. The number of methoxy groups -OCH3 is 2. The van der Waals surface area contributed by atoms with Gasteiger partial charge in [0.25, 0.3) is 0 Å². The molecule has 1 aliphatic rings. The SMILES string of the molecule is COC(=O)c1cc(Cl)c(NC(=O)[C@H]2C[C@H]2C)cc1OC. The van der Waals surface area contributed by atoms with Gasteiger partial charge in [-0.2, -0.15) is 0 Å². The summed E-state index contributed by atoms with van der Waals surface area (Å²) in [6, 6.07) is 2.96. The smallest absolute Gasteiger partial charge is 0.341 e. The van der Waals surface area contributed by atoms with Crippen LogP contribution in [0.15, 0.2) is 12.1 Å². The number of hydrogen-bond acceptors (Lipinski definition) is 4. The maximum atomic E-state index is 11.9. The highest BCUT2D eigenvalue weighted by atomic mass is 35.5. The first kappa shape index (κ1) is 14.7. The van der Waals surface area contributed by atoms with Crippen LogP contribution >= 0.6 is 11.6 Å². The van der Waals surface area contributed by atoms with Gasteiger partial charge < -0.3 is 14.8 Å². The average molecular weight is 298 g/mol. The van der Waals surface area contributed by atoms with Crippen molar-refractivity contribution in [3.8, 4) is 5.75 Å². The van der Waals surface area contributed by atoms with Gasteiger partial charge >= 0.3 is 5.97 Å². The van der Waals surface area contributed by atoms with Crippen LogP contribution in [0.1, 0.15) is 23.7 Å². The molecule has 0 saturated heterocycles. The lowest BCUT2D eigenvalue weighted by atomic mass is 10.1. The molecule has 1 aliphatic carbocycles. The molecular formula is C14H16ClNO4. The molecule has 0 aliphatic heterocycles. The molecule has 0 spiro atoms. The van der Waals surface area contributed by atoms with Crippen LogP contribution in [0.3, 0.4) is 0 Å². The van der Waals surface area contributed by atoms with Crippen LogP contribution < -0.4 is 10.1 Å². The van der Waals surface area contributed by atoms with Gasteiger partial charge in [0.2, 0.25) is 5.91 Å². The Bertz CT molecular complexity index is 558. The number of amides is 1. The molecule has 0 radical (unpaired) electrons. The zero-order chi connectivity index (χ0) is 14.9. The molecule has 1 aromatic carbocycles. The number of benzene rings is 1. The third-order valence-corrected chi connectivity index (χ3v) is 3.71. The molecule has 0 heterocycles. The lowest BCUT2D eigenvalue weighted by Crippen LogP contribution is -2.15. The number of halogens is 1. The van der Waals surface area contributed by atoms with Crippen molar-refractivity contribution in [2.75, 3.05) is 19.5 Å². The van der Waals surface area contributed by atoms with Crippen LogP contribution in [0.25, 0.3) is 0 Å². The van der Waals surface area contributed by atoms with E-state index in [0.29, 0.717) is 17.4 Å². The minimum Gasteiger partial charge on any atom is -0.496 e. The van der Waals surface area contributed by atoms with Crippen molar-refractivity contribution in [3.63, 3.8) is 0 Å². The van der Waals surface area contributed by atoms with Gasteiger partial charge in [0.1, 0.15) is 11.3 Å². The Morgan fingerprint density at radius 2 is 2.00 bits per heavy atom. The zero-order valence-electron chi connectivity index (χ0n) is 11.5. The molecule has 0 unspecified atom stereocenters. The van der Waals surface area contributed by atoms with Gasteiger partial charge in [-0.15, -0.1) is 0 Å². The summed E-state index contributed by atoms with van der Waals surface area (Å²) >= 11 is 6.09. The third kappa shape index (κ3) is 2.88. The van der Waals surface area contributed by atoms with Crippen molar-refractivity contribution in [2.24, 2.45) is 11.8 Å². The average Bonchev–Trinajstić information content (AvgIpc) is 3.16. The molecule has 20 heavy (non-hydrogen) atoms. The highest BCUT2D eigenvalue weighted by Gasteiger charge is 2.39. The maximum Gasteiger partial charge on any atom is 0.341 e. The number of carbonyl (C=O) groups excluding carboxylic acids is 2. The van der Waals surface area contributed by atoms with Gasteiger partial charge in [-0.25, -0.2) is 4.79 Å². The van der Waals surface area contributed by atoms with Crippen LogP contribution in [-0.4, -0.2) is 26.1 Å². The van der Waals surface area contributed by atoms with E-state index in [0.717, 1.165) is 6.42 Å². The quantitative estimate of drug-likeness (QED) is 0.868. The van der Waals surface area contributed by atoms with E-state index in [9.17, 15) is 9.59 Å². The maximum absolute atomic E-state index is 11.9. The van der Waals surface area contributed by atoms with Crippen molar-refractivity contribution < 1.29 is 19.1 Å². The molecule has 108 valence electrons. The summed E-state index contributed by atoms with van der Waals surface area (Å²) in [7, 11) is 2.71. The van der Waals surface area contributed by atoms with E-state index in [1.54, 1.807) is 0 Å². The van der Waals surface area contributed by atoms with Crippen LogP contribution in [0.4, 0.5) is 5.69 Å². The van der Waals surface area contributed by atoms with Gasteiger partial charge in [-0.05, 0) is 18.4 Å². The normalized spacial score (nSPS) is 20.2. The summed E-state index contributed by atoms with van der Waals surface area (Å²) in [4.78, 5) is 23.5. The lowest BCUT2D eigenvalue weighted by molar-refractivity contribution is -0.117. The van der Waals surface area contributed by atoms with Crippen molar-refractivity contribution in [2.45, 2.75) is 13.3 Å². The highest BCUT2D eigenvalue weighted by molar-refractivity contribution is 6.34. The first-order chi connectivity index (χ1) is 9.47. The van der Waals surface area contributed by atoms with Gasteiger partial charge in [0.15, 0.2) is 0 Å². The Kier molecular flexibility index (Phi) is 4.18. The van der Waals surface area contributed by atoms with E-state index in [1.807, 2.05) is 6.92 Å². The molecule has 1 fully saturated rings. The fourth-order valence-electron chi connectivity index (χ4n) is 2.00. The molecule has 2 atom stereocenters. The zero-order valence-corrected chi connectivity index (χ0v) is 12.3. The number of hydrogen-bond donors (Lipinski definition) is 1. The minimum atomic E-state index is -0.544. The van der Waals surface area contributed by atoms with E-state index in [2.05, 4.69) is 10.1 Å². The van der Waals surface area contributed by atoms with E-state index < -0.39 is 5.97 Å². The van der Waals surface area contributed by atoms with Crippen LogP contribution in [0.2, 0.25) is 5.02 Å². The van der Waals surface area contributed by atoms with Gasteiger partial charge in [0, 0.05) is 12.0 Å². The standard InChI is InChI=1S/C14H16ClNO4/c1-7-4-8(7)13(17)16-11-6-12(19-2)9(5-10(11)15)14(18)20-3/h5-8H,4H2,1-3H3,(H,16,17)/t7-,8+/m1/s1. The lowest BCUT2D eigenvalue weighted by Gasteiger charge is -2.12. The number of esters is 1. The second kappa shape index (κ2) is 5.71. The van der Waals surface area contributed by atoms with Crippen LogP contribution in [-0.2, 0) is 9.53 Å². The summed E-state index contributed by atoms with van der Waals surface area (Å²) < 4.78 is 9.78. The van der Waals surface area contributed by atoms with E-state index >= 15 is 0 Å². The van der Waals surface area contributed by atoms with Gasteiger partial charge in [-0.3, -0.25) is 4.79 Å². The Labute approximate surface area is 122 Å². The molecule has 1 N–H and O–H groups in total. The minimum absolute atomic E-state index is 0.0392. The molecular weight excluding hydrogens is 282 g/mol. The molecule has 6 heteroatoms. The molecule has 1 saturated carbocycles. The predicted octanol–water partition coefficient (Wildman–Crippen LogP) is 2.73. The van der Waals surface area contributed by atoms with Crippen molar-refractivity contribution in [1.29, 1.82) is 0 Å². The molecule has 1 amide bonds. The first-order valence-electron chi connectivity index (χ1n) is 6.24. The predicted molar refractivity (Wildman–Crippen MR) is 75.2 cm³/mol. The topological polar surface area (TPSA) is 64.6 Å². The molecule has 0 aromatic heterocycles. The molecule has 5 nitrogen and oxygen atoms in total. The van der Waals surface area contributed by atoms with Crippen LogP contribution in [0, 0.1) is 11.8 Å². The largest absolute Gasteiger partial charge is 0.496 e. The Hall–Kier alpha value is -1.75. The summed E-state index contributed by atoms with van der Waals surface area (Å²) in [5, 5.41) is 3.03. The van der Waals surface area contributed by atoms with Crippen LogP contribution in [0.5, 0.6) is 5.75 Å². The van der Waals surface area contributed by atoms with E-state index in [1.165, 1.54) is 26.4 Å². The second-order valence-corrected chi connectivity index (χ2v) is 5.24. The molecule has 1 aromatic rings. The fraction of sp³-hybridized carbons (Fsp3) is 0.429. The highest BCUT2D eigenvalue weighted by Crippen LogP contribution is 2.39. The fourth-order valence-corrected chi connectivity index (χ4v) is 2.21. The molecule has 0 bridgehead atoms. The summed E-state index contributed by atoms with van der Waals surface area (Å²) in [5.74, 6) is 0.146. The number of nitrogens with one attached hydrogen (secondary N) is 1. The third-order valence-electron chi connectivity index (χ3n) is 3.40. The summed E-state index contributed by atoms with van der Waals surface area (Å²) in [6.07, 6.45) is 0.890. The Morgan fingerprint density at radius 1 is 1.35 bits per heavy atom.